The van der Waals surface area contributed by atoms with Crippen LogP contribution in [0.2, 0.25) is 0 Å². The van der Waals surface area contributed by atoms with Crippen LogP contribution in [-0.2, 0) is 28.6 Å². The van der Waals surface area contributed by atoms with Crippen molar-refractivity contribution in [2.24, 2.45) is 0 Å². The van der Waals surface area contributed by atoms with E-state index in [0.717, 1.165) is 77.0 Å². The summed E-state index contributed by atoms with van der Waals surface area (Å²) < 4.78 is 16.7. The number of carbonyl (C=O) groups is 3. The lowest BCUT2D eigenvalue weighted by molar-refractivity contribution is -0.167. The molecule has 0 aliphatic rings. The van der Waals surface area contributed by atoms with Gasteiger partial charge in [-0.2, -0.15) is 0 Å². The maximum Gasteiger partial charge on any atom is 0.306 e. The molecule has 6 heteroatoms. The highest BCUT2D eigenvalue weighted by molar-refractivity contribution is 5.71. The number of allylic oxidation sites excluding steroid dienone is 4. The largest absolute Gasteiger partial charge is 0.462 e. The van der Waals surface area contributed by atoms with Crippen LogP contribution in [0, 0.1) is 0 Å². The van der Waals surface area contributed by atoms with Gasteiger partial charge in [-0.15, -0.1) is 0 Å². The lowest BCUT2D eigenvalue weighted by atomic mass is 10.0. The van der Waals surface area contributed by atoms with Crippen molar-refractivity contribution < 1.29 is 28.6 Å². The molecule has 0 rings (SSSR count). The Morgan fingerprint density at radius 2 is 0.696 bits per heavy atom. The summed E-state index contributed by atoms with van der Waals surface area (Å²) in [6.07, 6.45) is 50.1. The van der Waals surface area contributed by atoms with Crippen molar-refractivity contribution in [3.63, 3.8) is 0 Å². The fraction of sp³-hybridized carbons (Fsp3) is 0.860. The van der Waals surface area contributed by atoms with Gasteiger partial charge < -0.3 is 14.2 Å². The lowest BCUT2D eigenvalue weighted by Gasteiger charge is -2.18. The van der Waals surface area contributed by atoms with Gasteiger partial charge in [-0.05, 0) is 44.9 Å². The van der Waals surface area contributed by atoms with Gasteiger partial charge >= 0.3 is 17.9 Å². The van der Waals surface area contributed by atoms with Crippen molar-refractivity contribution in [3.8, 4) is 0 Å². The van der Waals surface area contributed by atoms with Gasteiger partial charge in [0, 0.05) is 19.3 Å². The van der Waals surface area contributed by atoms with E-state index in [1.807, 2.05) is 0 Å². The molecular formula is C50H92O6. The quantitative estimate of drug-likeness (QED) is 0.0265. The van der Waals surface area contributed by atoms with Crippen LogP contribution in [0.3, 0.4) is 0 Å². The van der Waals surface area contributed by atoms with Crippen LogP contribution in [0.1, 0.15) is 258 Å². The second-order valence-electron chi connectivity index (χ2n) is 16.4. The summed E-state index contributed by atoms with van der Waals surface area (Å²) in [7, 11) is 0. The van der Waals surface area contributed by atoms with E-state index in [4.69, 9.17) is 14.2 Å². The second kappa shape index (κ2) is 45.6. The summed E-state index contributed by atoms with van der Waals surface area (Å²) in [6.45, 7) is 6.53. The van der Waals surface area contributed by atoms with Crippen LogP contribution in [0.25, 0.3) is 0 Å². The fourth-order valence-corrected chi connectivity index (χ4v) is 7.07. The highest BCUT2D eigenvalue weighted by Gasteiger charge is 2.19. The molecule has 0 amide bonds. The first-order valence-electron chi connectivity index (χ1n) is 24.3. The fourth-order valence-electron chi connectivity index (χ4n) is 7.07. The maximum atomic E-state index is 12.7. The molecule has 56 heavy (non-hydrogen) atoms. The third-order valence-corrected chi connectivity index (χ3v) is 10.7. The van der Waals surface area contributed by atoms with Crippen molar-refractivity contribution in [1.29, 1.82) is 0 Å². The number of unbranched alkanes of at least 4 members (excludes halogenated alkanes) is 29. The average molecular weight is 789 g/mol. The van der Waals surface area contributed by atoms with E-state index < -0.39 is 6.10 Å². The minimum Gasteiger partial charge on any atom is -0.462 e. The van der Waals surface area contributed by atoms with Gasteiger partial charge in [0.2, 0.25) is 0 Å². The molecule has 0 aromatic heterocycles. The number of esters is 3. The summed E-state index contributed by atoms with van der Waals surface area (Å²) in [4.78, 5) is 37.8. The van der Waals surface area contributed by atoms with Gasteiger partial charge in [-0.25, -0.2) is 0 Å². The van der Waals surface area contributed by atoms with Gasteiger partial charge in [0.05, 0.1) is 0 Å². The standard InChI is InChI=1S/C50H92O6/c1-4-7-10-13-16-19-22-24-26-28-31-34-37-40-43-49(52)55-46-47(45-54-48(51)42-39-36-33-30-27-21-18-15-12-9-6-3)56-50(53)44-41-38-35-32-29-25-23-20-17-14-11-8-5-2/h7,10,16,19,47H,4-6,8-9,11-15,17-18,20-46H2,1-3H3/b10-7-,19-16-. The number of ether oxygens (including phenoxy) is 3. The monoisotopic (exact) mass is 789 g/mol. The van der Waals surface area contributed by atoms with Crippen LogP contribution >= 0.6 is 0 Å². The minimum absolute atomic E-state index is 0.0693. The Balaban J connectivity index is 4.34. The van der Waals surface area contributed by atoms with Crippen LogP contribution in [0.5, 0.6) is 0 Å². The van der Waals surface area contributed by atoms with E-state index in [1.165, 1.54) is 141 Å². The molecule has 0 aliphatic carbocycles. The van der Waals surface area contributed by atoms with Crippen LogP contribution < -0.4 is 0 Å². The normalized spacial score (nSPS) is 12.1. The molecular weight excluding hydrogens is 697 g/mol. The third-order valence-electron chi connectivity index (χ3n) is 10.7. The molecule has 1 atom stereocenters. The van der Waals surface area contributed by atoms with E-state index >= 15 is 0 Å². The first-order chi connectivity index (χ1) is 27.5. The van der Waals surface area contributed by atoms with E-state index in [0.29, 0.717) is 19.3 Å². The van der Waals surface area contributed by atoms with Gasteiger partial charge in [0.15, 0.2) is 6.10 Å². The molecule has 0 saturated heterocycles. The van der Waals surface area contributed by atoms with Gasteiger partial charge in [0.25, 0.3) is 0 Å². The lowest BCUT2D eigenvalue weighted by Crippen LogP contribution is -2.30. The zero-order valence-electron chi connectivity index (χ0n) is 37.4. The Hall–Kier alpha value is -2.11. The Morgan fingerprint density at radius 3 is 1.07 bits per heavy atom. The third kappa shape index (κ3) is 43.0. The molecule has 0 fully saturated rings. The molecule has 0 saturated carbocycles. The number of hydrogen-bond acceptors (Lipinski definition) is 6. The van der Waals surface area contributed by atoms with Gasteiger partial charge in [-0.3, -0.25) is 14.4 Å². The number of hydrogen-bond donors (Lipinski definition) is 0. The van der Waals surface area contributed by atoms with E-state index in [1.54, 1.807) is 0 Å². The molecule has 328 valence electrons. The van der Waals surface area contributed by atoms with E-state index in [2.05, 4.69) is 45.1 Å². The SMILES string of the molecule is CC/C=C\C/C=C\CCCCCCCCCC(=O)OCC(COC(=O)CCCCCCCCCCCCC)OC(=O)CCCCCCCCCCCCCCC. The van der Waals surface area contributed by atoms with Gasteiger partial charge in [0.1, 0.15) is 13.2 Å². The molecule has 0 heterocycles. The Morgan fingerprint density at radius 1 is 0.375 bits per heavy atom. The zero-order valence-corrected chi connectivity index (χ0v) is 37.4. The van der Waals surface area contributed by atoms with Gasteiger partial charge in [-0.1, -0.05) is 218 Å². The number of rotatable bonds is 44. The van der Waals surface area contributed by atoms with Crippen molar-refractivity contribution in [2.75, 3.05) is 13.2 Å². The second-order valence-corrected chi connectivity index (χ2v) is 16.4. The first kappa shape index (κ1) is 53.9. The minimum atomic E-state index is -0.766. The summed E-state index contributed by atoms with van der Waals surface area (Å²) in [5, 5.41) is 0. The molecule has 0 aliphatic heterocycles. The molecule has 1 unspecified atom stereocenters. The van der Waals surface area contributed by atoms with Crippen LogP contribution in [0.4, 0.5) is 0 Å². The Kier molecular flexibility index (Phi) is 43.9. The van der Waals surface area contributed by atoms with E-state index in [-0.39, 0.29) is 31.1 Å². The highest BCUT2D eigenvalue weighted by atomic mass is 16.6. The summed E-state index contributed by atoms with van der Waals surface area (Å²) in [6, 6.07) is 0. The summed E-state index contributed by atoms with van der Waals surface area (Å²) in [5.41, 5.74) is 0. The number of carbonyl (C=O) groups excluding carboxylic acids is 3. The van der Waals surface area contributed by atoms with Crippen molar-refractivity contribution in [1.82, 2.24) is 0 Å². The zero-order chi connectivity index (χ0) is 40.8. The topological polar surface area (TPSA) is 78.9 Å². The Labute approximate surface area is 347 Å². The Bertz CT molecular complexity index is 911. The smallest absolute Gasteiger partial charge is 0.306 e. The molecule has 0 bridgehead atoms. The van der Waals surface area contributed by atoms with Crippen LogP contribution in [0.15, 0.2) is 24.3 Å². The van der Waals surface area contributed by atoms with E-state index in [9.17, 15) is 14.4 Å². The summed E-state index contributed by atoms with van der Waals surface area (Å²) in [5.74, 6) is -0.868. The molecule has 6 nitrogen and oxygen atoms in total. The molecule has 0 aromatic rings. The molecule has 0 aromatic carbocycles. The van der Waals surface area contributed by atoms with Crippen molar-refractivity contribution in [2.45, 2.75) is 264 Å². The van der Waals surface area contributed by atoms with Crippen molar-refractivity contribution in [3.05, 3.63) is 24.3 Å². The first-order valence-corrected chi connectivity index (χ1v) is 24.3. The van der Waals surface area contributed by atoms with Crippen molar-refractivity contribution >= 4 is 17.9 Å². The predicted octanol–water partition coefficient (Wildman–Crippen LogP) is 15.6. The maximum absolute atomic E-state index is 12.7. The van der Waals surface area contributed by atoms with Crippen LogP contribution in [-0.4, -0.2) is 37.2 Å². The molecule has 0 radical (unpaired) electrons. The molecule has 0 N–H and O–H groups in total. The summed E-state index contributed by atoms with van der Waals surface area (Å²) >= 11 is 0. The molecule has 0 spiro atoms. The highest BCUT2D eigenvalue weighted by Crippen LogP contribution is 2.16. The predicted molar refractivity (Wildman–Crippen MR) is 238 cm³/mol. The average Bonchev–Trinajstić information content (AvgIpc) is 3.19.